The number of phenols is 1. The normalized spacial score (nSPS) is 14.5. The Labute approximate surface area is 184 Å². The van der Waals surface area contributed by atoms with E-state index >= 15 is 0 Å². The van der Waals surface area contributed by atoms with Crippen LogP contribution < -0.4 is 14.8 Å². The molecule has 1 amide bonds. The second-order valence-electron chi connectivity index (χ2n) is 7.16. The number of thiazole rings is 1. The first-order valence-electron chi connectivity index (χ1n) is 10.2. The van der Waals surface area contributed by atoms with Gasteiger partial charge in [0.05, 0.1) is 36.1 Å². The number of aromatic hydroxyl groups is 1. The largest absolute Gasteiger partial charge is 0.507 e. The van der Waals surface area contributed by atoms with Gasteiger partial charge in [0, 0.05) is 25.7 Å². The van der Waals surface area contributed by atoms with Gasteiger partial charge in [-0.3, -0.25) is 4.90 Å². The zero-order valence-corrected chi connectivity index (χ0v) is 18.1. The fourth-order valence-electron chi connectivity index (χ4n) is 3.36. The van der Waals surface area contributed by atoms with Crippen LogP contribution in [0.1, 0.15) is 6.42 Å². The third-order valence-electron chi connectivity index (χ3n) is 5.03. The highest BCUT2D eigenvalue weighted by atomic mass is 32.1. The second-order valence-corrected chi connectivity index (χ2v) is 8.19. The summed E-state index contributed by atoms with van der Waals surface area (Å²) in [5.41, 5.74) is 1.36. The van der Waals surface area contributed by atoms with E-state index in [9.17, 15) is 9.90 Å². The standard InChI is InChI=1S/C22H25N3O5S/c1-28-15-4-6-19(26)17(13-15)21-24-18-5-3-16(14-20(18)31-21)30-22(27)23-7-2-8-25-9-11-29-12-10-25/h3-6,13-14,26H,2,7-12H2,1H3,(H,23,27). The molecule has 0 bridgehead atoms. The van der Waals surface area contributed by atoms with Crippen molar-refractivity contribution >= 4 is 27.6 Å². The molecule has 8 nitrogen and oxygen atoms in total. The van der Waals surface area contributed by atoms with Crippen molar-refractivity contribution < 1.29 is 24.1 Å². The second kappa shape index (κ2) is 9.95. The molecular formula is C22H25N3O5S. The van der Waals surface area contributed by atoms with Gasteiger partial charge >= 0.3 is 6.09 Å². The Balaban J connectivity index is 1.35. The van der Waals surface area contributed by atoms with Crippen LogP contribution in [0, 0.1) is 0 Å². The Morgan fingerprint density at radius 1 is 1.23 bits per heavy atom. The number of nitrogens with zero attached hydrogens (tertiary/aromatic N) is 2. The molecule has 2 aromatic carbocycles. The maximum atomic E-state index is 12.1. The van der Waals surface area contributed by atoms with Gasteiger partial charge in [0.2, 0.25) is 0 Å². The molecule has 1 aromatic heterocycles. The summed E-state index contributed by atoms with van der Waals surface area (Å²) in [6.07, 6.45) is 0.382. The van der Waals surface area contributed by atoms with Gasteiger partial charge < -0.3 is 24.6 Å². The predicted octanol–water partition coefficient (Wildman–Crippen LogP) is 3.49. The number of morpholine rings is 1. The number of hydrogen-bond donors (Lipinski definition) is 2. The predicted molar refractivity (Wildman–Crippen MR) is 119 cm³/mol. The van der Waals surface area contributed by atoms with Crippen LogP contribution in [0.2, 0.25) is 0 Å². The lowest BCUT2D eigenvalue weighted by Gasteiger charge is -2.26. The minimum Gasteiger partial charge on any atom is -0.507 e. The maximum Gasteiger partial charge on any atom is 0.412 e. The van der Waals surface area contributed by atoms with Crippen LogP contribution in [-0.4, -0.2) is 67.6 Å². The van der Waals surface area contributed by atoms with Gasteiger partial charge in [-0.25, -0.2) is 9.78 Å². The molecule has 0 atom stereocenters. The van der Waals surface area contributed by atoms with Crippen LogP contribution in [-0.2, 0) is 4.74 Å². The summed E-state index contributed by atoms with van der Waals surface area (Å²) in [6.45, 7) is 4.90. The number of ether oxygens (including phenoxy) is 3. The van der Waals surface area contributed by atoms with E-state index < -0.39 is 6.09 Å². The number of fused-ring (bicyclic) bond motifs is 1. The lowest BCUT2D eigenvalue weighted by atomic mass is 10.2. The number of methoxy groups -OCH3 is 1. The smallest absolute Gasteiger partial charge is 0.412 e. The zero-order chi connectivity index (χ0) is 21.6. The maximum absolute atomic E-state index is 12.1. The van der Waals surface area contributed by atoms with E-state index in [0.717, 1.165) is 49.5 Å². The fraction of sp³-hybridized carbons (Fsp3) is 0.364. The summed E-state index contributed by atoms with van der Waals surface area (Å²) in [4.78, 5) is 19.0. The van der Waals surface area contributed by atoms with Crippen molar-refractivity contribution in [2.45, 2.75) is 6.42 Å². The van der Waals surface area contributed by atoms with E-state index in [0.29, 0.717) is 28.6 Å². The summed E-state index contributed by atoms with van der Waals surface area (Å²) in [5, 5.41) is 13.6. The molecule has 1 aliphatic heterocycles. The average molecular weight is 444 g/mol. The van der Waals surface area contributed by atoms with E-state index in [-0.39, 0.29) is 5.75 Å². The molecule has 4 rings (SSSR count). The van der Waals surface area contributed by atoms with Gasteiger partial charge in [-0.05, 0) is 43.3 Å². The number of amides is 1. The molecule has 1 saturated heterocycles. The van der Waals surface area contributed by atoms with E-state index in [4.69, 9.17) is 14.2 Å². The van der Waals surface area contributed by atoms with Crippen molar-refractivity contribution in [3.8, 4) is 27.8 Å². The number of rotatable bonds is 7. The molecule has 3 aromatic rings. The van der Waals surface area contributed by atoms with Gasteiger partial charge in [-0.15, -0.1) is 11.3 Å². The zero-order valence-electron chi connectivity index (χ0n) is 17.3. The molecule has 9 heteroatoms. The highest BCUT2D eigenvalue weighted by molar-refractivity contribution is 7.21. The van der Waals surface area contributed by atoms with Crippen molar-refractivity contribution in [1.82, 2.24) is 15.2 Å². The third-order valence-corrected chi connectivity index (χ3v) is 6.08. The summed E-state index contributed by atoms with van der Waals surface area (Å²) >= 11 is 1.41. The molecule has 0 spiro atoms. The third kappa shape index (κ3) is 5.43. The molecule has 0 aliphatic carbocycles. The Hall–Kier alpha value is -2.88. The lowest BCUT2D eigenvalue weighted by Crippen LogP contribution is -2.38. The molecule has 0 unspecified atom stereocenters. The van der Waals surface area contributed by atoms with Gasteiger partial charge in [0.15, 0.2) is 0 Å². The summed E-state index contributed by atoms with van der Waals surface area (Å²) in [6, 6.07) is 10.3. The van der Waals surface area contributed by atoms with Crippen LogP contribution >= 0.6 is 11.3 Å². The molecule has 1 aliphatic rings. The van der Waals surface area contributed by atoms with Crippen LogP contribution in [0.15, 0.2) is 36.4 Å². The number of carbonyl (C=O) groups is 1. The van der Waals surface area contributed by atoms with E-state index in [2.05, 4.69) is 15.2 Å². The Morgan fingerprint density at radius 2 is 2.03 bits per heavy atom. The Kier molecular flexibility index (Phi) is 6.86. The SMILES string of the molecule is COc1ccc(O)c(-c2nc3ccc(OC(=O)NCCCN4CCOCC4)cc3s2)c1. The van der Waals surface area contributed by atoms with Gasteiger partial charge in [-0.1, -0.05) is 0 Å². The number of aromatic nitrogens is 1. The molecule has 2 heterocycles. The highest BCUT2D eigenvalue weighted by Gasteiger charge is 2.14. The number of carbonyl (C=O) groups excluding carboxylic acids is 1. The molecule has 1 fully saturated rings. The first-order chi connectivity index (χ1) is 15.1. The van der Waals surface area contributed by atoms with Gasteiger partial charge in [0.25, 0.3) is 0 Å². The van der Waals surface area contributed by atoms with Crippen molar-refractivity contribution in [1.29, 1.82) is 0 Å². The Bertz CT molecular complexity index is 1050. The van der Waals surface area contributed by atoms with Crippen LogP contribution in [0.4, 0.5) is 4.79 Å². The van der Waals surface area contributed by atoms with Gasteiger partial charge in [-0.2, -0.15) is 0 Å². The van der Waals surface area contributed by atoms with Crippen LogP contribution in [0.3, 0.4) is 0 Å². The molecule has 31 heavy (non-hydrogen) atoms. The topological polar surface area (TPSA) is 93.2 Å². The summed E-state index contributed by atoms with van der Waals surface area (Å²) in [7, 11) is 1.58. The molecule has 0 saturated carbocycles. The van der Waals surface area contributed by atoms with Crippen molar-refractivity contribution in [2.75, 3.05) is 46.5 Å². The van der Waals surface area contributed by atoms with E-state index in [1.807, 2.05) is 0 Å². The Morgan fingerprint density at radius 3 is 2.84 bits per heavy atom. The summed E-state index contributed by atoms with van der Waals surface area (Å²) < 4.78 is 16.8. The number of hydrogen-bond acceptors (Lipinski definition) is 8. The van der Waals surface area contributed by atoms with Crippen LogP contribution in [0.25, 0.3) is 20.8 Å². The average Bonchev–Trinajstić information content (AvgIpc) is 3.21. The van der Waals surface area contributed by atoms with Crippen LogP contribution in [0.5, 0.6) is 17.2 Å². The monoisotopic (exact) mass is 443 g/mol. The minimum atomic E-state index is -0.475. The molecular weight excluding hydrogens is 418 g/mol. The number of benzene rings is 2. The van der Waals surface area contributed by atoms with E-state index in [1.165, 1.54) is 11.3 Å². The van der Waals surface area contributed by atoms with Crippen molar-refractivity contribution in [3.63, 3.8) is 0 Å². The number of phenolic OH excluding ortho intramolecular Hbond substituents is 1. The van der Waals surface area contributed by atoms with Crippen molar-refractivity contribution in [3.05, 3.63) is 36.4 Å². The molecule has 164 valence electrons. The lowest BCUT2D eigenvalue weighted by molar-refractivity contribution is 0.0375. The molecule has 0 radical (unpaired) electrons. The van der Waals surface area contributed by atoms with Crippen molar-refractivity contribution in [2.24, 2.45) is 0 Å². The van der Waals surface area contributed by atoms with Gasteiger partial charge in [0.1, 0.15) is 22.3 Å². The number of nitrogens with one attached hydrogen (secondary N) is 1. The first-order valence-corrected chi connectivity index (χ1v) is 11.0. The first kappa shape index (κ1) is 21.4. The summed E-state index contributed by atoms with van der Waals surface area (Å²) in [5.74, 6) is 1.22. The van der Waals surface area contributed by atoms with E-state index in [1.54, 1.807) is 43.5 Å². The minimum absolute atomic E-state index is 0.132. The highest BCUT2D eigenvalue weighted by Crippen LogP contribution is 2.38. The quantitative estimate of drug-likeness (QED) is 0.540. The molecule has 2 N–H and O–H groups in total. The fourth-order valence-corrected chi connectivity index (χ4v) is 4.38.